The number of nitrogens with two attached hydrogens (primary N) is 1. The van der Waals surface area contributed by atoms with Gasteiger partial charge in [-0.3, -0.25) is 0 Å². The zero-order chi connectivity index (χ0) is 11.1. The van der Waals surface area contributed by atoms with E-state index in [-0.39, 0.29) is 18.0 Å². The second-order valence-corrected chi connectivity index (χ2v) is 4.89. The number of β-amino-alcohol motifs (C(OH)–C–C–N with tert-alkyl or cyclic N) is 1. The highest BCUT2D eigenvalue weighted by Gasteiger charge is 2.46. The predicted molar refractivity (Wildman–Crippen MR) is 52.0 cm³/mol. The minimum absolute atomic E-state index is 0.110. The summed E-state index contributed by atoms with van der Waals surface area (Å²) in [6, 6.07) is -0.818. The van der Waals surface area contributed by atoms with Gasteiger partial charge in [-0.15, -0.1) is 0 Å². The molecule has 0 saturated carbocycles. The molecule has 0 spiro atoms. The lowest BCUT2D eigenvalue weighted by Gasteiger charge is -2.35. The molecule has 1 saturated heterocycles. The first-order valence-corrected chi connectivity index (χ1v) is 4.68. The molecule has 5 nitrogen and oxygen atoms in total. The standard InChI is InChI=1S/C9H18N2O3/c1-9(2,3)7-6(10)5(12)4-11(7)8(13)14/h5-7,12H,4,10H2,1-3H3,(H,13,14). The Morgan fingerprint density at radius 3 is 2.29 bits per heavy atom. The highest BCUT2D eigenvalue weighted by atomic mass is 16.4. The van der Waals surface area contributed by atoms with Crippen molar-refractivity contribution in [2.75, 3.05) is 6.54 Å². The van der Waals surface area contributed by atoms with Crippen LogP contribution in [0, 0.1) is 5.41 Å². The number of carboxylic acid groups (broad SMARTS) is 1. The van der Waals surface area contributed by atoms with Crippen molar-refractivity contribution in [2.45, 2.75) is 39.0 Å². The number of rotatable bonds is 0. The summed E-state index contributed by atoms with van der Waals surface area (Å²) in [7, 11) is 0. The number of nitrogens with zero attached hydrogens (tertiary/aromatic N) is 1. The van der Waals surface area contributed by atoms with Gasteiger partial charge >= 0.3 is 6.09 Å². The van der Waals surface area contributed by atoms with Gasteiger partial charge in [0.1, 0.15) is 0 Å². The summed E-state index contributed by atoms with van der Waals surface area (Å²) in [5, 5.41) is 18.5. The Kier molecular flexibility index (Phi) is 2.74. The van der Waals surface area contributed by atoms with Crippen LogP contribution in [0.25, 0.3) is 0 Å². The summed E-state index contributed by atoms with van der Waals surface area (Å²) >= 11 is 0. The van der Waals surface area contributed by atoms with Crippen LogP contribution in [0.1, 0.15) is 20.8 Å². The van der Waals surface area contributed by atoms with Gasteiger partial charge in [0.25, 0.3) is 0 Å². The molecule has 1 heterocycles. The third-order valence-corrected chi connectivity index (χ3v) is 2.66. The quantitative estimate of drug-likeness (QED) is 0.519. The van der Waals surface area contributed by atoms with E-state index in [4.69, 9.17) is 10.8 Å². The molecule has 1 aliphatic heterocycles. The zero-order valence-electron chi connectivity index (χ0n) is 8.77. The molecule has 0 aromatic carbocycles. The molecule has 82 valence electrons. The Labute approximate surface area is 83.5 Å². The van der Waals surface area contributed by atoms with Gasteiger partial charge in [-0.2, -0.15) is 0 Å². The average molecular weight is 202 g/mol. The number of hydrogen-bond donors (Lipinski definition) is 3. The first kappa shape index (κ1) is 11.3. The molecule has 0 bridgehead atoms. The van der Waals surface area contributed by atoms with Crippen molar-refractivity contribution in [1.29, 1.82) is 0 Å². The fourth-order valence-corrected chi connectivity index (χ4v) is 2.10. The lowest BCUT2D eigenvalue weighted by atomic mass is 9.82. The zero-order valence-corrected chi connectivity index (χ0v) is 8.77. The van der Waals surface area contributed by atoms with Gasteiger partial charge in [0.15, 0.2) is 0 Å². The monoisotopic (exact) mass is 202 g/mol. The van der Waals surface area contributed by atoms with Crippen LogP contribution in [0.3, 0.4) is 0 Å². The summed E-state index contributed by atoms with van der Waals surface area (Å²) in [6.07, 6.45) is -1.77. The van der Waals surface area contributed by atoms with E-state index in [9.17, 15) is 9.90 Å². The van der Waals surface area contributed by atoms with E-state index in [0.29, 0.717) is 0 Å². The average Bonchev–Trinajstić information content (AvgIpc) is 2.27. The maximum Gasteiger partial charge on any atom is 0.407 e. The van der Waals surface area contributed by atoms with Gasteiger partial charge < -0.3 is 20.8 Å². The molecule has 1 fully saturated rings. The molecule has 0 aromatic heterocycles. The summed E-state index contributed by atoms with van der Waals surface area (Å²) in [6.45, 7) is 5.88. The molecule has 0 aliphatic carbocycles. The number of carbonyl (C=O) groups is 1. The predicted octanol–water partition coefficient (Wildman–Crippen LogP) is 0.0829. The van der Waals surface area contributed by atoms with E-state index >= 15 is 0 Å². The second-order valence-electron chi connectivity index (χ2n) is 4.89. The van der Waals surface area contributed by atoms with Crippen LogP contribution in [0.5, 0.6) is 0 Å². The lowest BCUT2D eigenvalue weighted by Crippen LogP contribution is -2.51. The molecule has 1 amide bonds. The second kappa shape index (κ2) is 3.40. The highest BCUT2D eigenvalue weighted by molar-refractivity contribution is 5.66. The van der Waals surface area contributed by atoms with Crippen LogP contribution in [0.4, 0.5) is 4.79 Å². The van der Waals surface area contributed by atoms with Gasteiger partial charge in [0.2, 0.25) is 0 Å². The van der Waals surface area contributed by atoms with Crippen molar-refractivity contribution >= 4 is 6.09 Å². The molecule has 14 heavy (non-hydrogen) atoms. The lowest BCUT2D eigenvalue weighted by molar-refractivity contribution is 0.102. The third kappa shape index (κ3) is 1.83. The molecule has 3 unspecified atom stereocenters. The Morgan fingerprint density at radius 1 is 1.50 bits per heavy atom. The van der Waals surface area contributed by atoms with Gasteiger partial charge in [-0.25, -0.2) is 4.79 Å². The molecule has 0 aromatic rings. The summed E-state index contributed by atoms with van der Waals surface area (Å²) < 4.78 is 0. The number of amides is 1. The molecule has 1 aliphatic rings. The van der Waals surface area contributed by atoms with E-state index in [1.165, 1.54) is 4.90 Å². The summed E-state index contributed by atoms with van der Waals surface area (Å²) in [5.74, 6) is 0. The summed E-state index contributed by atoms with van der Waals surface area (Å²) in [4.78, 5) is 12.1. The van der Waals surface area contributed by atoms with Crippen LogP contribution in [-0.4, -0.2) is 45.9 Å². The number of likely N-dealkylation sites (tertiary alicyclic amines) is 1. The molecular formula is C9H18N2O3. The smallest absolute Gasteiger partial charge is 0.407 e. The van der Waals surface area contributed by atoms with Crippen molar-refractivity contribution in [3.05, 3.63) is 0 Å². The number of aliphatic hydroxyl groups is 1. The fraction of sp³-hybridized carbons (Fsp3) is 0.889. The Bertz CT molecular complexity index is 237. The molecule has 0 radical (unpaired) electrons. The molecular weight excluding hydrogens is 184 g/mol. The normalized spacial score (nSPS) is 33.5. The van der Waals surface area contributed by atoms with Gasteiger partial charge in [-0.1, -0.05) is 20.8 Å². The Morgan fingerprint density at radius 2 is 2.00 bits per heavy atom. The van der Waals surface area contributed by atoms with Gasteiger partial charge in [0.05, 0.1) is 24.7 Å². The minimum atomic E-state index is -1.02. The Balaban J connectivity index is 2.93. The Hall–Kier alpha value is -0.810. The van der Waals surface area contributed by atoms with Crippen molar-refractivity contribution in [3.63, 3.8) is 0 Å². The first-order chi connectivity index (χ1) is 6.25. The van der Waals surface area contributed by atoms with Crippen molar-refractivity contribution in [2.24, 2.45) is 11.1 Å². The molecule has 5 heteroatoms. The van der Waals surface area contributed by atoms with Crippen molar-refractivity contribution in [1.82, 2.24) is 4.90 Å². The van der Waals surface area contributed by atoms with Crippen molar-refractivity contribution in [3.8, 4) is 0 Å². The first-order valence-electron chi connectivity index (χ1n) is 4.68. The van der Waals surface area contributed by atoms with Gasteiger partial charge in [-0.05, 0) is 5.41 Å². The molecule has 1 rings (SSSR count). The van der Waals surface area contributed by atoms with Crippen LogP contribution >= 0.6 is 0 Å². The van der Waals surface area contributed by atoms with Crippen LogP contribution in [0.2, 0.25) is 0 Å². The molecule has 3 atom stereocenters. The largest absolute Gasteiger partial charge is 0.465 e. The maximum absolute atomic E-state index is 10.9. The van der Waals surface area contributed by atoms with E-state index in [1.807, 2.05) is 20.8 Å². The minimum Gasteiger partial charge on any atom is -0.465 e. The maximum atomic E-state index is 10.9. The summed E-state index contributed by atoms with van der Waals surface area (Å²) in [5.41, 5.74) is 5.53. The fourth-order valence-electron chi connectivity index (χ4n) is 2.10. The van der Waals surface area contributed by atoms with E-state index in [1.54, 1.807) is 0 Å². The van der Waals surface area contributed by atoms with E-state index in [2.05, 4.69) is 0 Å². The van der Waals surface area contributed by atoms with Crippen LogP contribution in [-0.2, 0) is 0 Å². The number of hydrogen-bond acceptors (Lipinski definition) is 3. The molecule has 4 N–H and O–H groups in total. The van der Waals surface area contributed by atoms with Crippen LogP contribution in [0.15, 0.2) is 0 Å². The van der Waals surface area contributed by atoms with E-state index in [0.717, 1.165) is 0 Å². The van der Waals surface area contributed by atoms with Crippen molar-refractivity contribution < 1.29 is 15.0 Å². The SMILES string of the molecule is CC(C)(C)C1C(N)C(O)CN1C(=O)O. The highest BCUT2D eigenvalue weighted by Crippen LogP contribution is 2.32. The third-order valence-electron chi connectivity index (χ3n) is 2.66. The van der Waals surface area contributed by atoms with E-state index < -0.39 is 18.2 Å². The van der Waals surface area contributed by atoms with Gasteiger partial charge in [0, 0.05) is 0 Å². The topological polar surface area (TPSA) is 86.8 Å². The number of aliphatic hydroxyl groups excluding tert-OH is 1. The van der Waals surface area contributed by atoms with Crippen LogP contribution < -0.4 is 5.73 Å².